The van der Waals surface area contributed by atoms with E-state index in [9.17, 15) is 44.4 Å². The molecule has 13 atom stereocenters. The molecule has 2 unspecified atom stereocenters. The van der Waals surface area contributed by atoms with Gasteiger partial charge in [-0.05, 0) is 113 Å². The number of ketones is 3. The summed E-state index contributed by atoms with van der Waals surface area (Å²) < 4.78 is 45.3. The van der Waals surface area contributed by atoms with Crippen LogP contribution in [0.2, 0.25) is 0 Å². The highest BCUT2D eigenvalue weighted by Crippen LogP contribution is 2.37. The highest BCUT2D eigenvalue weighted by atomic mass is 16.6. The van der Waals surface area contributed by atoms with Crippen molar-refractivity contribution in [3.63, 3.8) is 0 Å². The van der Waals surface area contributed by atoms with E-state index in [0.717, 1.165) is 42.6 Å². The molecule has 5 N–H and O–H groups in total. The largest absolute Gasteiger partial charge is 0.480 e. The molecule has 0 aromatic heterocycles. The first-order valence-electron chi connectivity index (χ1n) is 29.5. The first-order valence-corrected chi connectivity index (χ1v) is 29.5. The maximum absolute atomic E-state index is 13.7. The number of hydrogen-bond donors (Lipinski definition) is 5. The molecular formula is C61H101NO18. The summed E-state index contributed by atoms with van der Waals surface area (Å²) in [7, 11) is 1.64. The van der Waals surface area contributed by atoms with Crippen LogP contribution in [-0.2, 0) is 61.9 Å². The molecule has 0 aromatic rings. The molecule has 0 bridgehead atoms. The van der Waals surface area contributed by atoms with Crippen molar-refractivity contribution >= 4 is 29.2 Å². The van der Waals surface area contributed by atoms with Crippen molar-refractivity contribution in [2.75, 3.05) is 92.9 Å². The number of carbonyl (C=O) groups is 5. The van der Waals surface area contributed by atoms with Gasteiger partial charge in [-0.15, -0.1) is 0 Å². The molecule has 19 heteroatoms. The van der Waals surface area contributed by atoms with Gasteiger partial charge in [0, 0.05) is 50.7 Å². The lowest BCUT2D eigenvalue weighted by Gasteiger charge is -2.42. The third-order valence-electron chi connectivity index (χ3n) is 15.8. The Morgan fingerprint density at radius 3 is 2.00 bits per heavy atom. The highest BCUT2D eigenvalue weighted by Gasteiger charge is 2.53. The van der Waals surface area contributed by atoms with Crippen molar-refractivity contribution in [1.82, 2.24) is 4.90 Å². The van der Waals surface area contributed by atoms with Crippen molar-refractivity contribution in [3.05, 3.63) is 47.6 Å². The quantitative estimate of drug-likeness (QED) is 0.0188. The standard InChI is InChI=1S/C61H101NO18/c1-42(36-45(4)54(66)41-55(67)47(6)38-46(5)52(64)21-17-43(2)37-49-19-22-53(65)57(39-49)73-8)14-10-9-11-15-44(3)56(79-35-34-78-33-32-77-31-30-76-29-28-75-27-26-74-25-24-63)40-50-20-18-48(7)61(72,80-50)58(68)59(69)62-23-13-12-16-51(62)60(70)71/h9-11,14-15,38,42-43,45-46,48-51,53,55-57,63,65,67,72H,12-13,16-37,39-41H2,1-8H3,(H,70,71)/b11-9+,14-10+,44-15+,47-38+/t42-,43+,45-,46-,48-,49+,50+,51+,53-,55+,56?,57-,61?/m1/s1. The van der Waals surface area contributed by atoms with Crippen LogP contribution >= 0.6 is 0 Å². The van der Waals surface area contributed by atoms with Crippen molar-refractivity contribution in [2.24, 2.45) is 35.5 Å². The zero-order valence-electron chi connectivity index (χ0n) is 49.5. The normalized spacial score (nSPS) is 25.6. The number of aliphatic carboxylic acids is 1. The minimum atomic E-state index is -2.45. The number of allylic oxidation sites excluding steroid dienone is 6. The number of nitrogens with zero attached hydrogens (tertiary/aromatic N) is 1. The monoisotopic (exact) mass is 1140 g/mol. The fourth-order valence-corrected chi connectivity index (χ4v) is 10.7. The number of ether oxygens (including phenoxy) is 8. The molecule has 3 rings (SSSR count). The van der Waals surface area contributed by atoms with Crippen molar-refractivity contribution in [1.29, 1.82) is 0 Å². The summed E-state index contributed by atoms with van der Waals surface area (Å²) in [5.41, 5.74) is 1.43. The van der Waals surface area contributed by atoms with Crippen molar-refractivity contribution < 1.29 is 87.4 Å². The second-order valence-electron chi connectivity index (χ2n) is 22.5. The van der Waals surface area contributed by atoms with Gasteiger partial charge in [-0.25, -0.2) is 4.79 Å². The maximum Gasteiger partial charge on any atom is 0.326 e. The topological polar surface area (TPSA) is 264 Å². The number of likely N-dealkylation sites (tertiary alicyclic amines) is 1. The molecule has 19 nitrogen and oxygen atoms in total. The second-order valence-corrected chi connectivity index (χ2v) is 22.5. The van der Waals surface area contributed by atoms with Crippen LogP contribution in [-0.4, -0.2) is 195 Å². The number of aliphatic hydroxyl groups is 4. The number of rotatable bonds is 41. The fraction of sp³-hybridized carbons (Fsp3) is 0.787. The molecule has 0 spiro atoms. The van der Waals surface area contributed by atoms with E-state index in [0.29, 0.717) is 109 Å². The van der Waals surface area contributed by atoms with Crippen LogP contribution in [0.4, 0.5) is 0 Å². The number of aliphatic hydroxyl groups excluding tert-OH is 3. The Kier molecular flexibility index (Phi) is 34.5. The molecule has 458 valence electrons. The Labute approximate surface area is 476 Å². The van der Waals surface area contributed by atoms with Gasteiger partial charge >= 0.3 is 5.97 Å². The summed E-state index contributed by atoms with van der Waals surface area (Å²) in [6, 6.07) is -1.15. The third-order valence-corrected chi connectivity index (χ3v) is 15.8. The van der Waals surface area contributed by atoms with Crippen LogP contribution in [0.1, 0.15) is 138 Å². The fourth-order valence-electron chi connectivity index (χ4n) is 10.7. The smallest absolute Gasteiger partial charge is 0.326 e. The van der Waals surface area contributed by atoms with Crippen LogP contribution in [0.15, 0.2) is 47.6 Å². The first-order chi connectivity index (χ1) is 38.2. The Morgan fingerprint density at radius 1 is 0.762 bits per heavy atom. The Hall–Kier alpha value is -3.57. The SMILES string of the molecule is CO[C@@H]1C[C@H](C[C@@H](C)CCC(=O)[C@H](C)/C=C(\C)[C@@H](O)CC(=O)[C@H](C)C[C@H](C)/C=C/C=C/C=C(\C)C(C[C@@H]2CC[C@@H](C)C(O)(C(=O)C(=O)N3CCCC[C@H]3C(=O)O)O2)OCCOCCOCCOCCOCCOCCO)CC[C@H]1O. The summed E-state index contributed by atoms with van der Waals surface area (Å²) in [6.45, 7) is 17.1. The van der Waals surface area contributed by atoms with E-state index in [1.54, 1.807) is 27.0 Å². The van der Waals surface area contributed by atoms with Gasteiger partial charge in [-0.2, -0.15) is 0 Å². The minimum Gasteiger partial charge on any atom is -0.480 e. The molecule has 2 heterocycles. The maximum atomic E-state index is 13.7. The molecule has 1 aliphatic carbocycles. The van der Waals surface area contributed by atoms with Gasteiger partial charge < -0.3 is 68.3 Å². The van der Waals surface area contributed by atoms with E-state index in [-0.39, 0.29) is 87.7 Å². The third kappa shape index (κ3) is 25.9. The first kappa shape index (κ1) is 70.7. The number of carboxylic acids is 1. The predicted molar refractivity (Wildman–Crippen MR) is 301 cm³/mol. The van der Waals surface area contributed by atoms with Gasteiger partial charge in [0.25, 0.3) is 11.7 Å². The number of methoxy groups -OCH3 is 1. The minimum absolute atomic E-state index is 0.0247. The molecule has 3 fully saturated rings. The number of amides is 1. The molecule has 1 saturated carbocycles. The molecule has 2 aliphatic heterocycles. The number of piperidine rings is 1. The van der Waals surface area contributed by atoms with E-state index in [4.69, 9.17) is 43.0 Å². The number of Topliss-reactive ketones (excluding diaryl/α,β-unsaturated/α-hetero) is 3. The van der Waals surface area contributed by atoms with Gasteiger partial charge in [-0.1, -0.05) is 71.1 Å². The predicted octanol–water partition coefficient (Wildman–Crippen LogP) is 6.55. The van der Waals surface area contributed by atoms with E-state index < -0.39 is 59.8 Å². The number of carboxylic acid groups (broad SMARTS) is 1. The molecular weight excluding hydrogens is 1030 g/mol. The second kappa shape index (κ2) is 39.1. The molecule has 0 radical (unpaired) electrons. The van der Waals surface area contributed by atoms with Crippen LogP contribution in [0.3, 0.4) is 0 Å². The van der Waals surface area contributed by atoms with E-state index in [1.165, 1.54) is 0 Å². The number of carbonyl (C=O) groups excluding carboxylic acids is 4. The Balaban J connectivity index is 1.53. The van der Waals surface area contributed by atoms with E-state index in [1.807, 2.05) is 58.1 Å². The average molecular weight is 1140 g/mol. The lowest BCUT2D eigenvalue weighted by Crippen LogP contribution is -2.60. The van der Waals surface area contributed by atoms with E-state index in [2.05, 4.69) is 6.92 Å². The van der Waals surface area contributed by atoms with Crippen LogP contribution in [0.5, 0.6) is 0 Å². The molecule has 1 amide bonds. The Bertz CT molecular complexity index is 1960. The lowest BCUT2D eigenvalue weighted by molar-refractivity contribution is -0.266. The summed E-state index contributed by atoms with van der Waals surface area (Å²) in [5, 5.41) is 51.4. The molecule has 2 saturated heterocycles. The van der Waals surface area contributed by atoms with E-state index >= 15 is 0 Å². The molecule has 0 aromatic carbocycles. The van der Waals surface area contributed by atoms with Gasteiger partial charge in [0.2, 0.25) is 5.79 Å². The van der Waals surface area contributed by atoms with Gasteiger partial charge in [0.05, 0.1) is 110 Å². The van der Waals surface area contributed by atoms with Crippen molar-refractivity contribution in [2.45, 2.75) is 181 Å². The summed E-state index contributed by atoms with van der Waals surface area (Å²) in [6.07, 6.45) is 16.3. The summed E-state index contributed by atoms with van der Waals surface area (Å²) in [5.74, 6) is -6.35. The summed E-state index contributed by atoms with van der Waals surface area (Å²) >= 11 is 0. The van der Waals surface area contributed by atoms with Gasteiger partial charge in [0.1, 0.15) is 17.6 Å². The highest BCUT2D eigenvalue weighted by molar-refractivity contribution is 6.39. The average Bonchev–Trinajstić information content (AvgIpc) is 3.45. The van der Waals surface area contributed by atoms with Crippen molar-refractivity contribution in [3.8, 4) is 0 Å². The van der Waals surface area contributed by atoms with Gasteiger partial charge in [0.15, 0.2) is 0 Å². The molecule has 3 aliphatic rings. The Morgan fingerprint density at radius 2 is 1.39 bits per heavy atom. The lowest BCUT2D eigenvalue weighted by atomic mass is 9.79. The number of hydrogen-bond acceptors (Lipinski definition) is 17. The zero-order valence-corrected chi connectivity index (χ0v) is 49.5. The van der Waals surface area contributed by atoms with Gasteiger partial charge in [-0.3, -0.25) is 19.2 Å². The van der Waals surface area contributed by atoms with Crippen LogP contribution in [0, 0.1) is 35.5 Å². The van der Waals surface area contributed by atoms with Crippen LogP contribution < -0.4 is 0 Å². The van der Waals surface area contributed by atoms with Crippen LogP contribution in [0.25, 0.3) is 0 Å². The zero-order chi connectivity index (χ0) is 59.0. The summed E-state index contributed by atoms with van der Waals surface area (Å²) in [4.78, 5) is 66.6. The molecule has 80 heavy (non-hydrogen) atoms.